The fourth-order valence-electron chi connectivity index (χ4n) is 3.93. The molecule has 0 bridgehead atoms. The van der Waals surface area contributed by atoms with Crippen molar-refractivity contribution in [2.75, 3.05) is 13.1 Å². The predicted octanol–water partition coefficient (Wildman–Crippen LogP) is 3.17. The molecule has 104 valence electrons. The van der Waals surface area contributed by atoms with Crippen LogP contribution in [0.3, 0.4) is 0 Å². The molecule has 1 heterocycles. The molecule has 0 radical (unpaired) electrons. The van der Waals surface area contributed by atoms with Gasteiger partial charge in [-0.3, -0.25) is 4.90 Å². The summed E-state index contributed by atoms with van der Waals surface area (Å²) in [6.07, 6.45) is 13.0. The van der Waals surface area contributed by atoms with Gasteiger partial charge in [-0.15, -0.1) is 0 Å². The number of nitrogens with zero attached hydrogens (tertiary/aromatic N) is 1. The molecule has 0 aromatic rings. The fraction of sp³-hybridized carbons (Fsp3) is 1.00. The molecule has 2 nitrogen and oxygen atoms in total. The lowest BCUT2D eigenvalue weighted by molar-refractivity contribution is 0.00421. The van der Waals surface area contributed by atoms with Gasteiger partial charge in [0.2, 0.25) is 0 Å². The van der Waals surface area contributed by atoms with E-state index in [-0.39, 0.29) is 0 Å². The fourth-order valence-corrected chi connectivity index (χ4v) is 3.93. The second kappa shape index (κ2) is 5.92. The highest BCUT2D eigenvalue weighted by atomic mass is 15.2. The maximum atomic E-state index is 3.75. The van der Waals surface area contributed by atoms with Gasteiger partial charge in [0.15, 0.2) is 0 Å². The quantitative estimate of drug-likeness (QED) is 0.779. The zero-order valence-corrected chi connectivity index (χ0v) is 12.0. The van der Waals surface area contributed by atoms with E-state index in [2.05, 4.69) is 17.1 Å². The van der Waals surface area contributed by atoms with Crippen molar-refractivity contribution >= 4 is 0 Å². The third-order valence-electron chi connectivity index (χ3n) is 5.34. The third-order valence-corrected chi connectivity index (χ3v) is 5.34. The lowest BCUT2D eigenvalue weighted by Crippen LogP contribution is -2.55. The number of rotatable bonds is 6. The van der Waals surface area contributed by atoms with Gasteiger partial charge in [-0.2, -0.15) is 0 Å². The highest BCUT2D eigenvalue weighted by Gasteiger charge is 2.39. The summed E-state index contributed by atoms with van der Waals surface area (Å²) in [4.78, 5) is 2.90. The molecule has 0 aromatic carbocycles. The molecule has 1 N–H and O–H groups in total. The average molecular weight is 250 g/mol. The Bertz CT molecular complexity index is 260. The molecule has 2 aliphatic carbocycles. The van der Waals surface area contributed by atoms with Gasteiger partial charge >= 0.3 is 0 Å². The third kappa shape index (κ3) is 2.91. The second-order valence-corrected chi connectivity index (χ2v) is 6.76. The van der Waals surface area contributed by atoms with Gasteiger partial charge in [-0.25, -0.2) is 0 Å². The molecule has 18 heavy (non-hydrogen) atoms. The van der Waals surface area contributed by atoms with E-state index in [1.165, 1.54) is 70.9 Å². The summed E-state index contributed by atoms with van der Waals surface area (Å²) in [5, 5.41) is 3.75. The Morgan fingerprint density at radius 3 is 2.61 bits per heavy atom. The second-order valence-electron chi connectivity index (χ2n) is 6.76. The van der Waals surface area contributed by atoms with Crippen LogP contribution in [0.15, 0.2) is 0 Å². The highest BCUT2D eigenvalue weighted by molar-refractivity contribution is 4.95. The summed E-state index contributed by atoms with van der Waals surface area (Å²) in [6.45, 7) is 5.03. The molecular weight excluding hydrogens is 220 g/mol. The van der Waals surface area contributed by atoms with Crippen LogP contribution in [0.4, 0.5) is 0 Å². The van der Waals surface area contributed by atoms with E-state index < -0.39 is 0 Å². The molecule has 3 fully saturated rings. The number of piperidine rings is 1. The minimum atomic E-state index is 0.888. The lowest BCUT2D eigenvalue weighted by atomic mass is 9.76. The Labute approximate surface area is 113 Å². The van der Waals surface area contributed by atoms with Crippen molar-refractivity contribution in [3.63, 3.8) is 0 Å². The Morgan fingerprint density at radius 2 is 1.94 bits per heavy atom. The normalized spacial score (nSPS) is 37.5. The number of hydrogen-bond acceptors (Lipinski definition) is 2. The van der Waals surface area contributed by atoms with E-state index in [9.17, 15) is 0 Å². The largest absolute Gasteiger partial charge is 0.314 e. The van der Waals surface area contributed by atoms with Crippen molar-refractivity contribution in [2.24, 2.45) is 5.92 Å². The van der Waals surface area contributed by atoms with Crippen molar-refractivity contribution in [2.45, 2.75) is 82.8 Å². The number of nitrogens with one attached hydrogen (secondary N) is 1. The van der Waals surface area contributed by atoms with Crippen molar-refractivity contribution in [1.29, 1.82) is 0 Å². The molecule has 2 saturated carbocycles. The van der Waals surface area contributed by atoms with E-state index in [1.807, 2.05) is 0 Å². The first-order valence-corrected chi connectivity index (χ1v) is 8.37. The van der Waals surface area contributed by atoms with Crippen LogP contribution >= 0.6 is 0 Å². The van der Waals surface area contributed by atoms with Crippen LogP contribution in [0, 0.1) is 5.92 Å². The van der Waals surface area contributed by atoms with Crippen LogP contribution < -0.4 is 5.32 Å². The van der Waals surface area contributed by atoms with E-state index >= 15 is 0 Å². The minimum absolute atomic E-state index is 0.888. The highest BCUT2D eigenvalue weighted by Crippen LogP contribution is 2.37. The van der Waals surface area contributed by atoms with Crippen LogP contribution in [0.2, 0.25) is 0 Å². The van der Waals surface area contributed by atoms with Crippen LogP contribution in [-0.4, -0.2) is 36.1 Å². The monoisotopic (exact) mass is 250 g/mol. The zero-order chi connectivity index (χ0) is 12.4. The maximum absolute atomic E-state index is 3.75. The van der Waals surface area contributed by atoms with E-state index in [0.717, 1.165) is 24.0 Å². The summed E-state index contributed by atoms with van der Waals surface area (Å²) < 4.78 is 0. The van der Waals surface area contributed by atoms with Gasteiger partial charge in [0.25, 0.3) is 0 Å². The Balaban J connectivity index is 1.50. The van der Waals surface area contributed by atoms with Crippen molar-refractivity contribution in [3.05, 3.63) is 0 Å². The first-order chi connectivity index (χ1) is 8.88. The van der Waals surface area contributed by atoms with Gasteiger partial charge in [-0.1, -0.05) is 19.8 Å². The van der Waals surface area contributed by atoms with Gasteiger partial charge < -0.3 is 5.32 Å². The van der Waals surface area contributed by atoms with E-state index in [1.54, 1.807) is 0 Å². The first-order valence-electron chi connectivity index (χ1n) is 8.37. The average Bonchev–Trinajstić information content (AvgIpc) is 3.15. The predicted molar refractivity (Wildman–Crippen MR) is 76.8 cm³/mol. The molecule has 3 aliphatic rings. The summed E-state index contributed by atoms with van der Waals surface area (Å²) in [5.41, 5.74) is 0. The minimum Gasteiger partial charge on any atom is -0.314 e. The van der Waals surface area contributed by atoms with Gasteiger partial charge in [-0.05, 0) is 64.0 Å². The molecule has 1 aliphatic heterocycles. The maximum Gasteiger partial charge on any atom is 0.0139 e. The Morgan fingerprint density at radius 1 is 1.06 bits per heavy atom. The molecule has 3 atom stereocenters. The van der Waals surface area contributed by atoms with E-state index in [0.29, 0.717) is 0 Å². The zero-order valence-electron chi connectivity index (χ0n) is 12.0. The van der Waals surface area contributed by atoms with Crippen molar-refractivity contribution in [3.8, 4) is 0 Å². The lowest BCUT2D eigenvalue weighted by Gasteiger charge is -2.50. The first kappa shape index (κ1) is 12.9. The van der Waals surface area contributed by atoms with E-state index in [4.69, 9.17) is 0 Å². The molecule has 0 aromatic heterocycles. The molecule has 3 rings (SSSR count). The van der Waals surface area contributed by atoms with Crippen LogP contribution in [0.5, 0.6) is 0 Å². The Hall–Kier alpha value is -0.0800. The Kier molecular flexibility index (Phi) is 4.25. The number of likely N-dealkylation sites (tertiary alicyclic amines) is 1. The molecule has 0 spiro atoms. The van der Waals surface area contributed by atoms with Crippen molar-refractivity contribution in [1.82, 2.24) is 10.2 Å². The molecule has 0 amide bonds. The molecule has 3 unspecified atom stereocenters. The van der Waals surface area contributed by atoms with Crippen LogP contribution in [-0.2, 0) is 0 Å². The van der Waals surface area contributed by atoms with Crippen LogP contribution in [0.25, 0.3) is 0 Å². The summed E-state index contributed by atoms with van der Waals surface area (Å²) >= 11 is 0. The molecule has 1 saturated heterocycles. The summed E-state index contributed by atoms with van der Waals surface area (Å²) in [7, 11) is 0. The van der Waals surface area contributed by atoms with Gasteiger partial charge in [0, 0.05) is 18.1 Å². The standard InChI is InChI=1S/C16H30N2/c1-2-5-15-6-3-4-11-18(15)16-10-7-13(16)12-17-14-8-9-14/h13-17H,2-12H2,1H3. The van der Waals surface area contributed by atoms with Crippen LogP contribution in [0.1, 0.15) is 64.7 Å². The number of hydrogen-bond donors (Lipinski definition) is 1. The summed E-state index contributed by atoms with van der Waals surface area (Å²) in [5.74, 6) is 0.961. The molecular formula is C16H30N2. The topological polar surface area (TPSA) is 15.3 Å². The SMILES string of the molecule is CCCC1CCCCN1C1CCC1CNC1CC1. The van der Waals surface area contributed by atoms with Gasteiger partial charge in [0.05, 0.1) is 0 Å². The smallest absolute Gasteiger partial charge is 0.0139 e. The van der Waals surface area contributed by atoms with Crippen molar-refractivity contribution < 1.29 is 0 Å². The summed E-state index contributed by atoms with van der Waals surface area (Å²) in [6, 6.07) is 2.73. The molecule has 2 heteroatoms. The van der Waals surface area contributed by atoms with Gasteiger partial charge in [0.1, 0.15) is 0 Å².